The van der Waals surface area contributed by atoms with Crippen LogP contribution in [0.25, 0.3) is 0 Å². The van der Waals surface area contributed by atoms with Crippen LogP contribution in [0.4, 0.5) is 0 Å². The lowest BCUT2D eigenvalue weighted by Gasteiger charge is -2.18. The number of ether oxygens (including phenoxy) is 1. The van der Waals surface area contributed by atoms with E-state index < -0.39 is 0 Å². The zero-order chi connectivity index (χ0) is 12.8. The Balaban J connectivity index is 1.90. The number of hydrogen-bond donors (Lipinski definition) is 1. The van der Waals surface area contributed by atoms with Crippen LogP contribution < -0.4 is 5.32 Å². The SMILES string of the molecule is CCNC(CSc1ccc(C)cc1)C1=CCCO1. The Morgan fingerprint density at radius 1 is 1.33 bits per heavy atom. The summed E-state index contributed by atoms with van der Waals surface area (Å²) in [6.07, 6.45) is 3.26. The third-order valence-corrected chi connectivity index (χ3v) is 4.07. The van der Waals surface area contributed by atoms with Crippen molar-refractivity contribution in [2.24, 2.45) is 0 Å². The molecular weight excluding hydrogens is 242 g/mol. The minimum atomic E-state index is 0.337. The third-order valence-electron chi connectivity index (χ3n) is 2.96. The van der Waals surface area contributed by atoms with Crippen molar-refractivity contribution < 1.29 is 4.74 Å². The number of aryl methyl sites for hydroxylation is 1. The number of benzene rings is 1. The summed E-state index contributed by atoms with van der Waals surface area (Å²) in [6, 6.07) is 9.04. The molecule has 2 rings (SSSR count). The van der Waals surface area contributed by atoms with E-state index in [1.165, 1.54) is 10.5 Å². The Labute approximate surface area is 114 Å². The summed E-state index contributed by atoms with van der Waals surface area (Å²) >= 11 is 1.88. The average Bonchev–Trinajstić information content (AvgIpc) is 2.90. The van der Waals surface area contributed by atoms with Crippen molar-refractivity contribution in [2.75, 3.05) is 18.9 Å². The largest absolute Gasteiger partial charge is 0.496 e. The van der Waals surface area contributed by atoms with Crippen LogP contribution in [-0.4, -0.2) is 24.9 Å². The Morgan fingerprint density at radius 3 is 2.72 bits per heavy atom. The molecule has 18 heavy (non-hydrogen) atoms. The van der Waals surface area contributed by atoms with Crippen molar-refractivity contribution in [3.8, 4) is 0 Å². The fourth-order valence-corrected chi connectivity index (χ4v) is 2.95. The van der Waals surface area contributed by atoms with Gasteiger partial charge in [-0.15, -0.1) is 11.8 Å². The van der Waals surface area contributed by atoms with Crippen molar-refractivity contribution in [3.05, 3.63) is 41.7 Å². The fraction of sp³-hybridized carbons (Fsp3) is 0.467. The van der Waals surface area contributed by atoms with Gasteiger partial charge in [-0.25, -0.2) is 0 Å². The van der Waals surface area contributed by atoms with Gasteiger partial charge >= 0.3 is 0 Å². The van der Waals surface area contributed by atoms with Gasteiger partial charge in [0.1, 0.15) is 5.76 Å². The molecule has 1 aliphatic heterocycles. The van der Waals surface area contributed by atoms with Crippen LogP contribution in [0.5, 0.6) is 0 Å². The van der Waals surface area contributed by atoms with E-state index in [1.54, 1.807) is 0 Å². The van der Waals surface area contributed by atoms with Crippen LogP contribution in [-0.2, 0) is 4.74 Å². The zero-order valence-electron chi connectivity index (χ0n) is 11.1. The van der Waals surface area contributed by atoms with Crippen molar-refractivity contribution in [2.45, 2.75) is 31.2 Å². The summed E-state index contributed by atoms with van der Waals surface area (Å²) in [6.45, 7) is 6.07. The molecule has 0 fully saturated rings. The Hall–Kier alpha value is -0.930. The van der Waals surface area contributed by atoms with Gasteiger partial charge in [0.05, 0.1) is 12.6 Å². The highest BCUT2D eigenvalue weighted by atomic mass is 32.2. The maximum absolute atomic E-state index is 5.66. The monoisotopic (exact) mass is 263 g/mol. The van der Waals surface area contributed by atoms with E-state index in [-0.39, 0.29) is 0 Å². The first kappa shape index (κ1) is 13.5. The Morgan fingerprint density at radius 2 is 2.11 bits per heavy atom. The fourth-order valence-electron chi connectivity index (χ4n) is 1.98. The first-order chi connectivity index (χ1) is 8.79. The van der Waals surface area contributed by atoms with Crippen LogP contribution in [0, 0.1) is 6.92 Å². The molecule has 0 spiro atoms. The van der Waals surface area contributed by atoms with Gasteiger partial charge in [-0.05, 0) is 31.7 Å². The molecule has 98 valence electrons. The van der Waals surface area contributed by atoms with Crippen LogP contribution in [0.3, 0.4) is 0 Å². The number of likely N-dealkylation sites (N-methyl/N-ethyl adjacent to an activating group) is 1. The molecule has 1 aromatic rings. The second-order valence-corrected chi connectivity index (χ2v) is 5.57. The minimum Gasteiger partial charge on any atom is -0.496 e. The molecule has 0 radical (unpaired) electrons. The van der Waals surface area contributed by atoms with Crippen molar-refractivity contribution in [1.29, 1.82) is 0 Å². The lowest BCUT2D eigenvalue weighted by molar-refractivity contribution is 0.220. The predicted molar refractivity (Wildman–Crippen MR) is 78.0 cm³/mol. The molecular formula is C15H21NOS. The Kier molecular flexibility index (Phi) is 5.14. The summed E-state index contributed by atoms with van der Waals surface area (Å²) < 4.78 is 5.66. The van der Waals surface area contributed by atoms with E-state index >= 15 is 0 Å². The van der Waals surface area contributed by atoms with Gasteiger partial charge in [0.15, 0.2) is 0 Å². The molecule has 0 amide bonds. The molecule has 1 heterocycles. The van der Waals surface area contributed by atoms with Crippen LogP contribution in [0.1, 0.15) is 18.9 Å². The van der Waals surface area contributed by atoms with Crippen molar-refractivity contribution in [1.82, 2.24) is 5.32 Å². The second-order valence-electron chi connectivity index (χ2n) is 4.48. The number of hydrogen-bond acceptors (Lipinski definition) is 3. The van der Waals surface area contributed by atoms with E-state index in [4.69, 9.17) is 4.74 Å². The summed E-state index contributed by atoms with van der Waals surface area (Å²) in [5, 5.41) is 3.49. The topological polar surface area (TPSA) is 21.3 Å². The number of rotatable bonds is 6. The molecule has 1 unspecified atom stereocenters. The smallest absolute Gasteiger partial charge is 0.110 e. The van der Waals surface area contributed by atoms with Gasteiger partial charge in [0, 0.05) is 17.1 Å². The first-order valence-electron chi connectivity index (χ1n) is 6.55. The molecule has 0 aromatic heterocycles. The van der Waals surface area contributed by atoms with E-state index in [2.05, 4.69) is 49.5 Å². The van der Waals surface area contributed by atoms with Crippen molar-refractivity contribution >= 4 is 11.8 Å². The summed E-state index contributed by atoms with van der Waals surface area (Å²) in [5.41, 5.74) is 1.31. The highest BCUT2D eigenvalue weighted by Crippen LogP contribution is 2.23. The first-order valence-corrected chi connectivity index (χ1v) is 7.54. The average molecular weight is 263 g/mol. The molecule has 0 aliphatic carbocycles. The molecule has 2 nitrogen and oxygen atoms in total. The van der Waals surface area contributed by atoms with Crippen LogP contribution >= 0.6 is 11.8 Å². The van der Waals surface area contributed by atoms with E-state index in [0.29, 0.717) is 6.04 Å². The second kappa shape index (κ2) is 6.86. The van der Waals surface area contributed by atoms with Gasteiger partial charge in [0.2, 0.25) is 0 Å². The van der Waals surface area contributed by atoms with Gasteiger partial charge < -0.3 is 10.1 Å². The minimum absolute atomic E-state index is 0.337. The molecule has 1 N–H and O–H groups in total. The van der Waals surface area contributed by atoms with Crippen molar-refractivity contribution in [3.63, 3.8) is 0 Å². The highest BCUT2D eigenvalue weighted by molar-refractivity contribution is 7.99. The quantitative estimate of drug-likeness (QED) is 0.795. The van der Waals surface area contributed by atoms with E-state index in [9.17, 15) is 0 Å². The normalized spacial score (nSPS) is 16.2. The lowest BCUT2D eigenvalue weighted by atomic mass is 10.2. The molecule has 1 aliphatic rings. The molecule has 3 heteroatoms. The third kappa shape index (κ3) is 3.79. The molecule has 1 aromatic carbocycles. The maximum Gasteiger partial charge on any atom is 0.110 e. The predicted octanol–water partition coefficient (Wildman–Crippen LogP) is 3.37. The summed E-state index contributed by atoms with van der Waals surface area (Å²) in [5.74, 6) is 2.14. The highest BCUT2D eigenvalue weighted by Gasteiger charge is 2.17. The van der Waals surface area contributed by atoms with Crippen LogP contribution in [0.2, 0.25) is 0 Å². The number of nitrogens with one attached hydrogen (secondary N) is 1. The lowest BCUT2D eigenvalue weighted by Crippen LogP contribution is -2.33. The summed E-state index contributed by atoms with van der Waals surface area (Å²) in [7, 11) is 0. The molecule has 0 bridgehead atoms. The summed E-state index contributed by atoms with van der Waals surface area (Å²) in [4.78, 5) is 1.32. The Bertz CT molecular complexity index is 399. The van der Waals surface area contributed by atoms with E-state index in [1.807, 2.05) is 11.8 Å². The van der Waals surface area contributed by atoms with Gasteiger partial charge in [-0.2, -0.15) is 0 Å². The standard InChI is InChI=1S/C15H21NOS/c1-3-16-14(15-5-4-10-17-15)11-18-13-8-6-12(2)7-9-13/h5-9,14,16H,3-4,10-11H2,1-2H3. The zero-order valence-corrected chi connectivity index (χ0v) is 11.9. The molecule has 0 saturated carbocycles. The molecule has 1 atom stereocenters. The maximum atomic E-state index is 5.66. The van der Waals surface area contributed by atoms with E-state index in [0.717, 1.165) is 31.1 Å². The van der Waals surface area contributed by atoms with Gasteiger partial charge in [-0.3, -0.25) is 0 Å². The van der Waals surface area contributed by atoms with Gasteiger partial charge in [-0.1, -0.05) is 24.6 Å². The number of thioether (sulfide) groups is 1. The molecule has 0 saturated heterocycles. The van der Waals surface area contributed by atoms with Crippen LogP contribution in [0.15, 0.2) is 41.0 Å². The van der Waals surface area contributed by atoms with Gasteiger partial charge in [0.25, 0.3) is 0 Å².